The summed E-state index contributed by atoms with van der Waals surface area (Å²) in [6.45, 7) is 3.22. The van der Waals surface area contributed by atoms with Crippen LogP contribution in [0, 0.1) is 6.92 Å². The Kier molecular flexibility index (Phi) is 2.13. The van der Waals surface area contributed by atoms with Crippen LogP contribution in [0.15, 0.2) is 6.33 Å². The van der Waals surface area contributed by atoms with Crippen LogP contribution in [0.3, 0.4) is 0 Å². The fourth-order valence-corrected chi connectivity index (χ4v) is 1.81. The third kappa shape index (κ3) is 1.37. The Bertz CT molecular complexity index is 248. The number of aryl methyl sites for hydroxylation is 1. The Labute approximate surface area is 72.6 Å². The number of imidazole rings is 1. The minimum absolute atomic E-state index is 0.491. The molecule has 66 valence electrons. The molecule has 0 saturated carbocycles. The Hall–Kier alpha value is -0.830. The van der Waals surface area contributed by atoms with Crippen LogP contribution in [0.2, 0.25) is 0 Å². The highest BCUT2D eigenvalue weighted by Crippen LogP contribution is 2.22. The van der Waals surface area contributed by atoms with Gasteiger partial charge in [0.25, 0.3) is 0 Å². The van der Waals surface area contributed by atoms with E-state index >= 15 is 0 Å². The van der Waals surface area contributed by atoms with Crippen LogP contribution in [-0.4, -0.2) is 16.5 Å². The molecule has 0 bridgehead atoms. The zero-order chi connectivity index (χ0) is 8.39. The van der Waals surface area contributed by atoms with Gasteiger partial charge in [0.1, 0.15) is 0 Å². The summed E-state index contributed by atoms with van der Waals surface area (Å²) in [4.78, 5) is 7.44. The second kappa shape index (κ2) is 3.27. The second-order valence-corrected chi connectivity index (χ2v) is 3.42. The molecule has 3 heteroatoms. The summed E-state index contributed by atoms with van der Waals surface area (Å²) in [5.74, 6) is 0. The fraction of sp³-hybridized carbons (Fsp3) is 0.667. The summed E-state index contributed by atoms with van der Waals surface area (Å²) in [5.41, 5.74) is 2.41. The number of rotatable bonds is 1. The molecule has 0 spiro atoms. The van der Waals surface area contributed by atoms with Gasteiger partial charge in [-0.05, 0) is 26.3 Å². The van der Waals surface area contributed by atoms with Gasteiger partial charge in [-0.1, -0.05) is 6.42 Å². The van der Waals surface area contributed by atoms with Crippen molar-refractivity contribution in [3.05, 3.63) is 17.7 Å². The van der Waals surface area contributed by atoms with Gasteiger partial charge < -0.3 is 10.3 Å². The Balaban J connectivity index is 2.13. The molecule has 1 atom stereocenters. The van der Waals surface area contributed by atoms with Gasteiger partial charge in [-0.15, -0.1) is 0 Å². The highest BCUT2D eigenvalue weighted by Gasteiger charge is 2.17. The van der Waals surface area contributed by atoms with Gasteiger partial charge in [0.05, 0.1) is 18.1 Å². The quantitative estimate of drug-likeness (QED) is 0.662. The highest BCUT2D eigenvalue weighted by atomic mass is 15.0. The lowest BCUT2D eigenvalue weighted by Crippen LogP contribution is -2.27. The number of hydrogen-bond acceptors (Lipinski definition) is 2. The first-order valence-corrected chi connectivity index (χ1v) is 4.61. The van der Waals surface area contributed by atoms with Crippen molar-refractivity contribution in [2.45, 2.75) is 32.2 Å². The number of piperidine rings is 1. The van der Waals surface area contributed by atoms with Crippen LogP contribution < -0.4 is 5.32 Å². The third-order valence-electron chi connectivity index (χ3n) is 2.51. The number of H-pyrrole nitrogens is 1. The molecule has 0 aromatic carbocycles. The van der Waals surface area contributed by atoms with Gasteiger partial charge in [-0.2, -0.15) is 0 Å². The first-order chi connectivity index (χ1) is 5.88. The maximum Gasteiger partial charge on any atom is 0.0925 e. The first kappa shape index (κ1) is 7.80. The SMILES string of the molecule is Cc1[nH]cnc1C1CCCCN1. The van der Waals surface area contributed by atoms with Crippen molar-refractivity contribution < 1.29 is 0 Å². The van der Waals surface area contributed by atoms with E-state index in [0.29, 0.717) is 6.04 Å². The molecular formula is C9H15N3. The van der Waals surface area contributed by atoms with Crippen LogP contribution in [-0.2, 0) is 0 Å². The molecule has 1 fully saturated rings. The zero-order valence-electron chi connectivity index (χ0n) is 7.43. The lowest BCUT2D eigenvalue weighted by molar-refractivity contribution is 0.405. The Morgan fingerprint density at radius 3 is 3.00 bits per heavy atom. The van der Waals surface area contributed by atoms with E-state index in [4.69, 9.17) is 0 Å². The molecule has 1 unspecified atom stereocenters. The van der Waals surface area contributed by atoms with Crippen LogP contribution in [0.4, 0.5) is 0 Å². The summed E-state index contributed by atoms with van der Waals surface area (Å²) in [5, 5.41) is 3.48. The molecule has 12 heavy (non-hydrogen) atoms. The van der Waals surface area contributed by atoms with E-state index in [1.165, 1.54) is 30.7 Å². The van der Waals surface area contributed by atoms with Gasteiger partial charge in [-0.25, -0.2) is 4.98 Å². The average molecular weight is 165 g/mol. The van der Waals surface area contributed by atoms with Crippen LogP contribution in [0.25, 0.3) is 0 Å². The number of aromatic amines is 1. The molecule has 3 nitrogen and oxygen atoms in total. The number of aromatic nitrogens is 2. The molecule has 2 N–H and O–H groups in total. The van der Waals surface area contributed by atoms with Crippen molar-refractivity contribution >= 4 is 0 Å². The lowest BCUT2D eigenvalue weighted by atomic mass is 10.0. The third-order valence-corrected chi connectivity index (χ3v) is 2.51. The minimum Gasteiger partial charge on any atom is -0.348 e. The van der Waals surface area contributed by atoms with E-state index in [2.05, 4.69) is 22.2 Å². The van der Waals surface area contributed by atoms with Crippen molar-refractivity contribution in [2.75, 3.05) is 6.54 Å². The molecule has 1 aromatic rings. The van der Waals surface area contributed by atoms with Crippen molar-refractivity contribution in [3.63, 3.8) is 0 Å². The number of nitrogens with zero attached hydrogens (tertiary/aromatic N) is 1. The molecule has 0 radical (unpaired) electrons. The van der Waals surface area contributed by atoms with Crippen molar-refractivity contribution in [1.82, 2.24) is 15.3 Å². The van der Waals surface area contributed by atoms with Crippen LogP contribution in [0.1, 0.15) is 36.7 Å². The zero-order valence-corrected chi connectivity index (χ0v) is 7.43. The summed E-state index contributed by atoms with van der Waals surface area (Å²) < 4.78 is 0. The molecule has 0 amide bonds. The molecule has 0 aliphatic carbocycles. The summed E-state index contributed by atoms with van der Waals surface area (Å²) >= 11 is 0. The van der Waals surface area contributed by atoms with Gasteiger partial charge >= 0.3 is 0 Å². The van der Waals surface area contributed by atoms with Crippen molar-refractivity contribution in [1.29, 1.82) is 0 Å². The molecular weight excluding hydrogens is 150 g/mol. The molecule has 1 saturated heterocycles. The van der Waals surface area contributed by atoms with Gasteiger partial charge in [0.15, 0.2) is 0 Å². The lowest BCUT2D eigenvalue weighted by Gasteiger charge is -2.22. The fourth-order valence-electron chi connectivity index (χ4n) is 1.81. The number of hydrogen-bond donors (Lipinski definition) is 2. The van der Waals surface area contributed by atoms with Crippen LogP contribution in [0.5, 0.6) is 0 Å². The monoisotopic (exact) mass is 165 g/mol. The van der Waals surface area contributed by atoms with E-state index < -0.39 is 0 Å². The highest BCUT2D eigenvalue weighted by molar-refractivity contribution is 5.14. The molecule has 1 aromatic heterocycles. The van der Waals surface area contributed by atoms with E-state index in [1.54, 1.807) is 6.33 Å². The predicted molar refractivity (Wildman–Crippen MR) is 47.9 cm³/mol. The molecule has 1 aliphatic rings. The predicted octanol–water partition coefficient (Wildman–Crippen LogP) is 1.53. The summed E-state index contributed by atoms with van der Waals surface area (Å²) in [6.07, 6.45) is 5.64. The molecule has 1 aliphatic heterocycles. The van der Waals surface area contributed by atoms with Crippen molar-refractivity contribution in [3.8, 4) is 0 Å². The largest absolute Gasteiger partial charge is 0.348 e. The standard InChI is InChI=1S/C9H15N3/c1-7-9(12-6-11-7)8-4-2-3-5-10-8/h6,8,10H,2-5H2,1H3,(H,11,12). The minimum atomic E-state index is 0.491. The summed E-state index contributed by atoms with van der Waals surface area (Å²) in [6, 6.07) is 0.491. The maximum absolute atomic E-state index is 4.32. The number of nitrogens with one attached hydrogen (secondary N) is 2. The van der Waals surface area contributed by atoms with Gasteiger partial charge in [0.2, 0.25) is 0 Å². The van der Waals surface area contributed by atoms with Crippen molar-refractivity contribution in [2.24, 2.45) is 0 Å². The van der Waals surface area contributed by atoms with Crippen LogP contribution >= 0.6 is 0 Å². The first-order valence-electron chi connectivity index (χ1n) is 4.61. The van der Waals surface area contributed by atoms with Gasteiger partial charge in [-0.3, -0.25) is 0 Å². The maximum atomic E-state index is 4.32. The van der Waals surface area contributed by atoms with E-state index in [-0.39, 0.29) is 0 Å². The Morgan fingerprint density at radius 2 is 2.42 bits per heavy atom. The second-order valence-electron chi connectivity index (χ2n) is 3.42. The summed E-state index contributed by atoms with van der Waals surface area (Å²) in [7, 11) is 0. The average Bonchev–Trinajstić information content (AvgIpc) is 2.53. The Morgan fingerprint density at radius 1 is 1.50 bits per heavy atom. The smallest absolute Gasteiger partial charge is 0.0925 e. The molecule has 2 rings (SSSR count). The van der Waals surface area contributed by atoms with E-state index in [1.807, 2.05) is 0 Å². The van der Waals surface area contributed by atoms with E-state index in [0.717, 1.165) is 6.54 Å². The topological polar surface area (TPSA) is 40.7 Å². The normalized spacial score (nSPS) is 24.2. The van der Waals surface area contributed by atoms with E-state index in [9.17, 15) is 0 Å². The van der Waals surface area contributed by atoms with Gasteiger partial charge in [0, 0.05) is 5.69 Å². The molecule has 2 heterocycles.